The highest BCUT2D eigenvalue weighted by atomic mass is 19.1. The van der Waals surface area contributed by atoms with Crippen LogP contribution < -0.4 is 0 Å². The summed E-state index contributed by atoms with van der Waals surface area (Å²) in [5.74, 6) is -0.589. The minimum Gasteiger partial charge on any atom is -0.294 e. The Morgan fingerprint density at radius 1 is 1.22 bits per heavy atom. The smallest absolute Gasteiger partial charge is 0.163 e. The van der Waals surface area contributed by atoms with Crippen LogP contribution in [0.1, 0.15) is 19.8 Å². The molecule has 0 heterocycles. The monoisotopic (exact) mass is 246 g/mol. The molecule has 2 heteroatoms. The third kappa shape index (κ3) is 5.39. The Morgan fingerprint density at radius 3 is 2.28 bits per heavy atom. The number of carbonyl (C=O) groups is 1. The first kappa shape index (κ1) is 16.0. The normalized spacial score (nSPS) is 11.3. The predicted octanol–water partition coefficient (Wildman–Crippen LogP) is 4.62. The Kier molecular flexibility index (Phi) is 7.29. The van der Waals surface area contributed by atoms with E-state index in [2.05, 4.69) is 26.3 Å². The molecule has 0 amide bonds. The van der Waals surface area contributed by atoms with E-state index in [0.717, 1.165) is 6.42 Å². The van der Waals surface area contributed by atoms with E-state index in [1.165, 1.54) is 18.2 Å². The molecular formula is C16H19FO. The molecule has 0 aromatic heterocycles. The van der Waals surface area contributed by atoms with E-state index < -0.39 is 5.83 Å². The average Bonchev–Trinajstić information content (AvgIpc) is 2.32. The van der Waals surface area contributed by atoms with Crippen LogP contribution in [0.2, 0.25) is 0 Å². The van der Waals surface area contributed by atoms with Crippen molar-refractivity contribution in [3.63, 3.8) is 0 Å². The van der Waals surface area contributed by atoms with Gasteiger partial charge in [-0.05, 0) is 23.6 Å². The fraction of sp³-hybridized carbons (Fsp3) is 0.188. The maximum absolute atomic E-state index is 12.5. The summed E-state index contributed by atoms with van der Waals surface area (Å²) in [6.07, 6.45) is 6.95. The van der Waals surface area contributed by atoms with Gasteiger partial charge in [-0.3, -0.25) is 4.79 Å². The summed E-state index contributed by atoms with van der Waals surface area (Å²) in [6.45, 7) is 16.2. The van der Waals surface area contributed by atoms with E-state index >= 15 is 0 Å². The first-order valence-corrected chi connectivity index (χ1v) is 5.71. The van der Waals surface area contributed by atoms with E-state index in [1.807, 2.05) is 6.92 Å². The Morgan fingerprint density at radius 2 is 1.83 bits per heavy atom. The van der Waals surface area contributed by atoms with Crippen molar-refractivity contribution < 1.29 is 9.18 Å². The van der Waals surface area contributed by atoms with E-state index in [1.54, 1.807) is 6.08 Å². The van der Waals surface area contributed by atoms with Crippen LogP contribution >= 0.6 is 0 Å². The second-order valence-electron chi connectivity index (χ2n) is 3.77. The van der Waals surface area contributed by atoms with E-state index in [0.29, 0.717) is 23.1 Å². The third-order valence-corrected chi connectivity index (χ3v) is 2.24. The number of rotatable bonds is 8. The molecule has 0 aromatic rings. The van der Waals surface area contributed by atoms with Crippen LogP contribution in [0.4, 0.5) is 4.39 Å². The number of hydrogen-bond acceptors (Lipinski definition) is 1. The third-order valence-electron chi connectivity index (χ3n) is 2.24. The van der Waals surface area contributed by atoms with E-state index in [4.69, 9.17) is 0 Å². The van der Waals surface area contributed by atoms with Crippen LogP contribution in [0.5, 0.6) is 0 Å². The van der Waals surface area contributed by atoms with Gasteiger partial charge in [0.05, 0.1) is 0 Å². The topological polar surface area (TPSA) is 17.1 Å². The summed E-state index contributed by atoms with van der Waals surface area (Å²) in [5, 5.41) is 0. The van der Waals surface area contributed by atoms with Gasteiger partial charge in [0.25, 0.3) is 0 Å². The molecule has 0 radical (unpaired) electrons. The average molecular weight is 246 g/mol. The molecule has 0 spiro atoms. The highest BCUT2D eigenvalue weighted by Crippen LogP contribution is 2.20. The maximum Gasteiger partial charge on any atom is 0.163 e. The molecule has 0 N–H and O–H groups in total. The standard InChI is InChI=1S/C16H19FO/c1-6-8-15(16(18)9-7-2)14(5)12(3)10-11-13(4)17/h6,8,10-11H,1,3-5,7,9H2,2H3/b11-10-,15-8+. The van der Waals surface area contributed by atoms with Gasteiger partial charge in [-0.25, -0.2) is 4.39 Å². The molecule has 0 aliphatic heterocycles. The van der Waals surface area contributed by atoms with Gasteiger partial charge < -0.3 is 0 Å². The molecule has 0 atom stereocenters. The largest absolute Gasteiger partial charge is 0.294 e. The number of ketones is 1. The molecule has 0 unspecified atom stereocenters. The fourth-order valence-electron chi connectivity index (χ4n) is 1.31. The molecule has 0 aliphatic carbocycles. The van der Waals surface area contributed by atoms with Crippen LogP contribution in [0.15, 0.2) is 73.2 Å². The molecule has 0 aromatic carbocycles. The number of Topliss-reactive ketones (excluding diaryl/α,β-unsaturated/α-hetero) is 1. The van der Waals surface area contributed by atoms with Crippen molar-refractivity contribution in [3.05, 3.63) is 73.2 Å². The Hall–Kier alpha value is -1.96. The zero-order chi connectivity index (χ0) is 14.1. The number of carbonyl (C=O) groups excluding carboxylic acids is 1. The molecular weight excluding hydrogens is 227 g/mol. The van der Waals surface area contributed by atoms with Crippen LogP contribution in [0.25, 0.3) is 0 Å². The Labute approximate surface area is 108 Å². The Balaban J connectivity index is 5.05. The highest BCUT2D eigenvalue weighted by molar-refractivity contribution is 6.01. The van der Waals surface area contributed by atoms with Gasteiger partial charge in [-0.2, -0.15) is 0 Å². The maximum atomic E-state index is 12.5. The van der Waals surface area contributed by atoms with E-state index in [9.17, 15) is 9.18 Å². The van der Waals surface area contributed by atoms with Gasteiger partial charge in [-0.15, -0.1) is 0 Å². The lowest BCUT2D eigenvalue weighted by Crippen LogP contribution is -2.05. The van der Waals surface area contributed by atoms with Crippen molar-refractivity contribution in [1.29, 1.82) is 0 Å². The zero-order valence-electron chi connectivity index (χ0n) is 10.8. The summed E-state index contributed by atoms with van der Waals surface area (Å²) in [6, 6.07) is 0. The molecule has 0 rings (SSSR count). The first-order chi connectivity index (χ1) is 8.43. The predicted molar refractivity (Wildman–Crippen MR) is 75.9 cm³/mol. The number of halogens is 1. The van der Waals surface area contributed by atoms with Crippen molar-refractivity contribution in [2.24, 2.45) is 0 Å². The van der Waals surface area contributed by atoms with Crippen molar-refractivity contribution >= 4 is 5.78 Å². The van der Waals surface area contributed by atoms with E-state index in [-0.39, 0.29) is 5.78 Å². The zero-order valence-corrected chi connectivity index (χ0v) is 10.8. The van der Waals surface area contributed by atoms with Crippen LogP contribution in [0.3, 0.4) is 0 Å². The molecule has 0 aliphatic rings. The molecule has 0 bridgehead atoms. The van der Waals surface area contributed by atoms with Crippen molar-refractivity contribution in [2.75, 3.05) is 0 Å². The van der Waals surface area contributed by atoms with Gasteiger partial charge in [0.15, 0.2) is 5.78 Å². The van der Waals surface area contributed by atoms with Crippen molar-refractivity contribution in [3.8, 4) is 0 Å². The van der Waals surface area contributed by atoms with Gasteiger partial charge in [0, 0.05) is 12.0 Å². The summed E-state index contributed by atoms with van der Waals surface area (Å²) >= 11 is 0. The summed E-state index contributed by atoms with van der Waals surface area (Å²) in [7, 11) is 0. The summed E-state index contributed by atoms with van der Waals surface area (Å²) < 4.78 is 12.5. The molecule has 96 valence electrons. The van der Waals surface area contributed by atoms with Crippen LogP contribution in [-0.4, -0.2) is 5.78 Å². The number of allylic oxidation sites excluding steroid dienone is 8. The highest BCUT2D eigenvalue weighted by Gasteiger charge is 2.12. The van der Waals surface area contributed by atoms with Crippen LogP contribution in [0, 0.1) is 0 Å². The molecule has 0 fully saturated rings. The van der Waals surface area contributed by atoms with Crippen molar-refractivity contribution in [1.82, 2.24) is 0 Å². The van der Waals surface area contributed by atoms with Crippen molar-refractivity contribution in [2.45, 2.75) is 19.8 Å². The minimum atomic E-state index is -0.571. The fourth-order valence-corrected chi connectivity index (χ4v) is 1.31. The molecule has 18 heavy (non-hydrogen) atoms. The molecule has 0 saturated carbocycles. The first-order valence-electron chi connectivity index (χ1n) is 5.71. The SMILES string of the molecule is C=C/C=C(\C(=C)C(=C)/C=C\C(=C)F)C(=O)CCC. The lowest BCUT2D eigenvalue weighted by Gasteiger charge is -2.09. The second kappa shape index (κ2) is 8.18. The lowest BCUT2D eigenvalue weighted by atomic mass is 9.94. The quantitative estimate of drug-likeness (QED) is 0.451. The van der Waals surface area contributed by atoms with Gasteiger partial charge in [0.1, 0.15) is 5.83 Å². The van der Waals surface area contributed by atoms with Gasteiger partial charge >= 0.3 is 0 Å². The lowest BCUT2D eigenvalue weighted by molar-refractivity contribution is -0.115. The number of hydrogen-bond donors (Lipinski definition) is 0. The Bertz CT molecular complexity index is 436. The van der Waals surface area contributed by atoms with Crippen LogP contribution in [-0.2, 0) is 4.79 Å². The summed E-state index contributed by atoms with van der Waals surface area (Å²) in [5.41, 5.74) is 1.42. The minimum absolute atomic E-state index is 0.0176. The summed E-state index contributed by atoms with van der Waals surface area (Å²) in [4.78, 5) is 11.9. The second-order valence-corrected chi connectivity index (χ2v) is 3.77. The molecule has 0 saturated heterocycles. The molecule has 1 nitrogen and oxygen atoms in total. The van der Waals surface area contributed by atoms with Gasteiger partial charge in [-0.1, -0.05) is 51.5 Å². The van der Waals surface area contributed by atoms with Gasteiger partial charge in [0.2, 0.25) is 0 Å².